The van der Waals surface area contributed by atoms with Crippen molar-refractivity contribution < 1.29 is 4.79 Å². The van der Waals surface area contributed by atoms with E-state index in [-0.39, 0.29) is 11.8 Å². The van der Waals surface area contributed by atoms with Crippen LogP contribution in [0.15, 0.2) is 30.3 Å². The topological polar surface area (TPSA) is 55.1 Å². The Morgan fingerprint density at radius 1 is 1.25 bits per heavy atom. The summed E-state index contributed by atoms with van der Waals surface area (Å²) in [6, 6.07) is 9.80. The van der Waals surface area contributed by atoms with Crippen LogP contribution in [0.5, 0.6) is 0 Å². The molecule has 1 aliphatic rings. The van der Waals surface area contributed by atoms with Crippen molar-refractivity contribution in [2.75, 3.05) is 13.1 Å². The van der Waals surface area contributed by atoms with E-state index in [2.05, 4.69) is 12.2 Å². The first-order valence-corrected chi connectivity index (χ1v) is 7.73. The number of rotatable bonds is 5. The van der Waals surface area contributed by atoms with Crippen LogP contribution >= 0.6 is 0 Å². The monoisotopic (exact) mass is 274 g/mol. The Morgan fingerprint density at radius 2 is 1.90 bits per heavy atom. The second-order valence-corrected chi connectivity index (χ2v) is 6.07. The smallest absolute Gasteiger partial charge is 0.228 e. The lowest BCUT2D eigenvalue weighted by Crippen LogP contribution is -2.37. The van der Waals surface area contributed by atoms with Crippen LogP contribution in [0.1, 0.15) is 44.1 Å². The standard InChI is InChI=1S/C17H26N2O/c1-13-7-9-14(10-8-13)12-19-17(20)16(11-18)15-5-3-2-4-6-15/h2-6,13-14,16H,7-12,18H2,1H3,(H,19,20). The number of nitrogens with two attached hydrogens (primary N) is 1. The van der Waals surface area contributed by atoms with E-state index in [1.165, 1.54) is 25.7 Å². The molecule has 0 spiro atoms. The van der Waals surface area contributed by atoms with Crippen molar-refractivity contribution in [3.8, 4) is 0 Å². The van der Waals surface area contributed by atoms with E-state index in [0.717, 1.165) is 18.0 Å². The molecule has 1 saturated carbocycles. The average Bonchev–Trinajstić information content (AvgIpc) is 2.48. The highest BCUT2D eigenvalue weighted by molar-refractivity contribution is 5.83. The molecule has 1 aromatic rings. The summed E-state index contributed by atoms with van der Waals surface area (Å²) >= 11 is 0. The average molecular weight is 274 g/mol. The van der Waals surface area contributed by atoms with Gasteiger partial charge in [0.25, 0.3) is 0 Å². The number of hydrogen-bond acceptors (Lipinski definition) is 2. The van der Waals surface area contributed by atoms with E-state index in [0.29, 0.717) is 12.5 Å². The minimum atomic E-state index is -0.223. The number of carbonyl (C=O) groups excluding carboxylic acids is 1. The number of amides is 1. The van der Waals surface area contributed by atoms with Gasteiger partial charge in [-0.2, -0.15) is 0 Å². The molecule has 1 aliphatic carbocycles. The predicted octanol–water partition coefficient (Wildman–Crippen LogP) is 2.67. The Bertz CT molecular complexity index is 410. The fourth-order valence-electron chi connectivity index (χ4n) is 2.98. The number of hydrogen-bond donors (Lipinski definition) is 2. The van der Waals surface area contributed by atoms with E-state index in [1.54, 1.807) is 0 Å². The van der Waals surface area contributed by atoms with E-state index in [4.69, 9.17) is 5.73 Å². The molecule has 3 N–H and O–H groups in total. The second-order valence-electron chi connectivity index (χ2n) is 6.07. The zero-order valence-corrected chi connectivity index (χ0v) is 12.3. The quantitative estimate of drug-likeness (QED) is 0.867. The Morgan fingerprint density at radius 3 is 2.50 bits per heavy atom. The highest BCUT2D eigenvalue weighted by atomic mass is 16.1. The molecule has 3 heteroatoms. The zero-order valence-electron chi connectivity index (χ0n) is 12.3. The van der Waals surface area contributed by atoms with Crippen LogP contribution in [0, 0.1) is 11.8 Å². The summed E-state index contributed by atoms with van der Waals surface area (Å²) in [7, 11) is 0. The number of carbonyl (C=O) groups is 1. The van der Waals surface area contributed by atoms with Crippen LogP contribution in [0.4, 0.5) is 0 Å². The Kier molecular flexibility index (Phi) is 5.60. The van der Waals surface area contributed by atoms with Crippen LogP contribution in [0.3, 0.4) is 0 Å². The summed E-state index contributed by atoms with van der Waals surface area (Å²) in [6.45, 7) is 3.47. The van der Waals surface area contributed by atoms with E-state index < -0.39 is 0 Å². The van der Waals surface area contributed by atoms with Crippen molar-refractivity contribution in [3.05, 3.63) is 35.9 Å². The summed E-state index contributed by atoms with van der Waals surface area (Å²) < 4.78 is 0. The maximum absolute atomic E-state index is 12.3. The normalized spacial score (nSPS) is 24.1. The molecule has 0 aliphatic heterocycles. The molecule has 3 nitrogen and oxygen atoms in total. The van der Waals surface area contributed by atoms with Crippen molar-refractivity contribution in [2.45, 2.75) is 38.5 Å². The Labute approximate surface area is 121 Å². The largest absolute Gasteiger partial charge is 0.355 e. The summed E-state index contributed by atoms with van der Waals surface area (Å²) in [5, 5.41) is 3.10. The van der Waals surface area contributed by atoms with E-state index in [9.17, 15) is 4.79 Å². The maximum atomic E-state index is 12.3. The van der Waals surface area contributed by atoms with E-state index >= 15 is 0 Å². The van der Waals surface area contributed by atoms with Gasteiger partial charge < -0.3 is 11.1 Å². The van der Waals surface area contributed by atoms with Gasteiger partial charge in [-0.15, -0.1) is 0 Å². The van der Waals surface area contributed by atoms with Crippen LogP contribution in [-0.2, 0) is 4.79 Å². The lowest BCUT2D eigenvalue weighted by molar-refractivity contribution is -0.122. The molecule has 1 aromatic carbocycles. The fourth-order valence-corrected chi connectivity index (χ4v) is 2.98. The summed E-state index contributed by atoms with van der Waals surface area (Å²) in [5.74, 6) is 1.34. The van der Waals surface area contributed by atoms with Crippen LogP contribution in [0.25, 0.3) is 0 Å². The summed E-state index contributed by atoms with van der Waals surface area (Å²) in [6.07, 6.45) is 5.05. The molecule has 0 saturated heterocycles. The minimum Gasteiger partial charge on any atom is -0.355 e. The van der Waals surface area contributed by atoms with E-state index in [1.807, 2.05) is 30.3 Å². The molecule has 0 aromatic heterocycles. The third-order valence-electron chi connectivity index (χ3n) is 4.45. The first kappa shape index (κ1) is 15.0. The van der Waals surface area contributed by atoms with Gasteiger partial charge >= 0.3 is 0 Å². The van der Waals surface area contributed by atoms with Gasteiger partial charge in [-0.1, -0.05) is 50.1 Å². The Balaban J connectivity index is 1.84. The summed E-state index contributed by atoms with van der Waals surface area (Å²) in [5.41, 5.74) is 6.78. The van der Waals surface area contributed by atoms with Gasteiger partial charge in [0.2, 0.25) is 5.91 Å². The molecule has 1 atom stereocenters. The molecule has 20 heavy (non-hydrogen) atoms. The van der Waals surface area contributed by atoms with Gasteiger partial charge in [-0.25, -0.2) is 0 Å². The minimum absolute atomic E-state index is 0.0670. The van der Waals surface area contributed by atoms with Crippen molar-refractivity contribution in [2.24, 2.45) is 17.6 Å². The number of benzene rings is 1. The molecule has 0 heterocycles. The Hall–Kier alpha value is -1.35. The fraction of sp³-hybridized carbons (Fsp3) is 0.588. The van der Waals surface area contributed by atoms with Gasteiger partial charge in [-0.05, 0) is 30.2 Å². The van der Waals surface area contributed by atoms with Gasteiger partial charge in [0.05, 0.1) is 5.92 Å². The highest BCUT2D eigenvalue weighted by Crippen LogP contribution is 2.27. The van der Waals surface area contributed by atoms with Crippen LogP contribution in [-0.4, -0.2) is 19.0 Å². The third-order valence-corrected chi connectivity index (χ3v) is 4.45. The van der Waals surface area contributed by atoms with Crippen LogP contribution < -0.4 is 11.1 Å². The lowest BCUT2D eigenvalue weighted by Gasteiger charge is -2.27. The van der Waals surface area contributed by atoms with Crippen LogP contribution in [0.2, 0.25) is 0 Å². The lowest BCUT2D eigenvalue weighted by atomic mass is 9.83. The first-order chi connectivity index (χ1) is 9.70. The van der Waals surface area contributed by atoms with Crippen molar-refractivity contribution in [1.29, 1.82) is 0 Å². The molecule has 2 rings (SSSR count). The molecule has 1 unspecified atom stereocenters. The molecule has 1 fully saturated rings. The predicted molar refractivity (Wildman–Crippen MR) is 82.4 cm³/mol. The summed E-state index contributed by atoms with van der Waals surface area (Å²) in [4.78, 5) is 12.3. The molecular formula is C17H26N2O. The number of nitrogens with one attached hydrogen (secondary N) is 1. The first-order valence-electron chi connectivity index (χ1n) is 7.73. The molecule has 0 bridgehead atoms. The highest BCUT2D eigenvalue weighted by Gasteiger charge is 2.22. The van der Waals surface area contributed by atoms with Gasteiger partial charge in [-0.3, -0.25) is 4.79 Å². The second kappa shape index (κ2) is 7.44. The van der Waals surface area contributed by atoms with Crippen molar-refractivity contribution in [1.82, 2.24) is 5.32 Å². The van der Waals surface area contributed by atoms with Gasteiger partial charge in [0, 0.05) is 13.1 Å². The zero-order chi connectivity index (χ0) is 14.4. The third kappa shape index (κ3) is 4.07. The van der Waals surface area contributed by atoms with Gasteiger partial charge in [0.15, 0.2) is 0 Å². The SMILES string of the molecule is CC1CCC(CNC(=O)C(CN)c2ccccc2)CC1. The molecule has 0 radical (unpaired) electrons. The molecular weight excluding hydrogens is 248 g/mol. The van der Waals surface area contributed by atoms with Crippen molar-refractivity contribution >= 4 is 5.91 Å². The molecule has 1 amide bonds. The molecule has 110 valence electrons. The maximum Gasteiger partial charge on any atom is 0.228 e. The van der Waals surface area contributed by atoms with Gasteiger partial charge in [0.1, 0.15) is 0 Å². The van der Waals surface area contributed by atoms with Crippen molar-refractivity contribution in [3.63, 3.8) is 0 Å².